The number of carbonyl (C=O) groups is 1. The number of amides is 1. The molecule has 1 N–H and O–H groups in total. The first-order chi connectivity index (χ1) is 7.25. The summed E-state index contributed by atoms with van der Waals surface area (Å²) in [5.41, 5.74) is 0. The zero-order valence-corrected chi connectivity index (χ0v) is 9.47. The molecule has 2 rings (SSSR count). The summed E-state index contributed by atoms with van der Waals surface area (Å²) in [6.45, 7) is 3.35. The Labute approximate surface area is 92.7 Å². The minimum atomic E-state index is 0.0765. The SMILES string of the molecule is Cc1cnc(NC(=O)C2CCOCC2)s1. The molecule has 0 spiro atoms. The summed E-state index contributed by atoms with van der Waals surface area (Å²) in [4.78, 5) is 17.0. The van der Waals surface area contributed by atoms with E-state index in [-0.39, 0.29) is 11.8 Å². The molecule has 82 valence electrons. The number of aromatic nitrogens is 1. The second kappa shape index (κ2) is 4.72. The Balaban J connectivity index is 1.91. The number of anilines is 1. The van der Waals surface area contributed by atoms with Crippen molar-refractivity contribution in [1.82, 2.24) is 4.98 Å². The Hall–Kier alpha value is -0.940. The number of nitrogens with zero attached hydrogens (tertiary/aromatic N) is 1. The fourth-order valence-corrected chi connectivity index (χ4v) is 2.25. The summed E-state index contributed by atoms with van der Waals surface area (Å²) in [7, 11) is 0. The molecule has 0 unspecified atom stereocenters. The molecule has 0 bridgehead atoms. The molecule has 1 saturated heterocycles. The lowest BCUT2D eigenvalue weighted by Gasteiger charge is -2.20. The summed E-state index contributed by atoms with van der Waals surface area (Å²) >= 11 is 1.51. The minimum absolute atomic E-state index is 0.0765. The third kappa shape index (κ3) is 2.76. The molecule has 0 aliphatic carbocycles. The largest absolute Gasteiger partial charge is 0.381 e. The smallest absolute Gasteiger partial charge is 0.229 e. The van der Waals surface area contributed by atoms with Gasteiger partial charge < -0.3 is 10.1 Å². The van der Waals surface area contributed by atoms with Crippen LogP contribution in [0.2, 0.25) is 0 Å². The van der Waals surface area contributed by atoms with Gasteiger partial charge in [0.2, 0.25) is 5.91 Å². The monoisotopic (exact) mass is 226 g/mol. The predicted octanol–water partition coefficient (Wildman–Crippen LogP) is 1.82. The van der Waals surface area contributed by atoms with Crippen molar-refractivity contribution in [2.75, 3.05) is 18.5 Å². The topological polar surface area (TPSA) is 51.2 Å². The van der Waals surface area contributed by atoms with E-state index in [9.17, 15) is 4.79 Å². The quantitative estimate of drug-likeness (QED) is 0.836. The van der Waals surface area contributed by atoms with Crippen LogP contribution in [-0.4, -0.2) is 24.1 Å². The lowest BCUT2D eigenvalue weighted by Crippen LogP contribution is -2.28. The molecule has 5 heteroatoms. The Kier molecular flexibility index (Phi) is 3.33. The zero-order valence-electron chi connectivity index (χ0n) is 8.66. The lowest BCUT2D eigenvalue weighted by molar-refractivity contribution is -0.122. The highest BCUT2D eigenvalue weighted by molar-refractivity contribution is 7.15. The van der Waals surface area contributed by atoms with E-state index in [0.717, 1.165) is 17.7 Å². The fraction of sp³-hybridized carbons (Fsp3) is 0.600. The third-order valence-corrected chi connectivity index (χ3v) is 3.27. The standard InChI is InChI=1S/C10H14N2O2S/c1-7-6-11-10(15-7)12-9(13)8-2-4-14-5-3-8/h6,8H,2-5H2,1H3,(H,11,12,13). The van der Waals surface area contributed by atoms with Crippen molar-refractivity contribution in [3.63, 3.8) is 0 Å². The van der Waals surface area contributed by atoms with Gasteiger partial charge in [0, 0.05) is 30.2 Å². The van der Waals surface area contributed by atoms with Crippen molar-refractivity contribution >= 4 is 22.4 Å². The first kappa shape index (κ1) is 10.6. The number of aryl methyl sites for hydroxylation is 1. The molecular formula is C10H14N2O2S. The van der Waals surface area contributed by atoms with Gasteiger partial charge in [0.05, 0.1) is 0 Å². The summed E-state index contributed by atoms with van der Waals surface area (Å²) in [5.74, 6) is 0.163. The van der Waals surface area contributed by atoms with Crippen LogP contribution in [-0.2, 0) is 9.53 Å². The lowest BCUT2D eigenvalue weighted by atomic mass is 10.00. The molecule has 0 atom stereocenters. The third-order valence-electron chi connectivity index (χ3n) is 2.44. The van der Waals surface area contributed by atoms with Gasteiger partial charge in [-0.25, -0.2) is 4.98 Å². The number of nitrogens with one attached hydrogen (secondary N) is 1. The normalized spacial score (nSPS) is 17.7. The Morgan fingerprint density at radius 2 is 2.33 bits per heavy atom. The van der Waals surface area contributed by atoms with Crippen LogP contribution in [0.5, 0.6) is 0 Å². The van der Waals surface area contributed by atoms with E-state index in [2.05, 4.69) is 10.3 Å². The molecule has 4 nitrogen and oxygen atoms in total. The maximum Gasteiger partial charge on any atom is 0.229 e. The second-order valence-corrected chi connectivity index (χ2v) is 4.89. The van der Waals surface area contributed by atoms with Crippen molar-refractivity contribution in [2.45, 2.75) is 19.8 Å². The Morgan fingerprint density at radius 1 is 1.60 bits per heavy atom. The molecule has 0 saturated carbocycles. The molecule has 1 aliphatic rings. The Bertz CT molecular complexity index is 345. The fourth-order valence-electron chi connectivity index (χ4n) is 1.58. The van der Waals surface area contributed by atoms with Crippen LogP contribution in [0, 0.1) is 12.8 Å². The molecule has 0 radical (unpaired) electrons. The predicted molar refractivity (Wildman–Crippen MR) is 59.0 cm³/mol. The van der Waals surface area contributed by atoms with E-state index in [4.69, 9.17) is 4.74 Å². The maximum absolute atomic E-state index is 11.8. The highest BCUT2D eigenvalue weighted by Gasteiger charge is 2.22. The van der Waals surface area contributed by atoms with E-state index >= 15 is 0 Å². The summed E-state index contributed by atoms with van der Waals surface area (Å²) in [6, 6.07) is 0. The van der Waals surface area contributed by atoms with Crippen molar-refractivity contribution in [3.8, 4) is 0 Å². The molecule has 1 aliphatic heterocycles. The maximum atomic E-state index is 11.8. The van der Waals surface area contributed by atoms with Gasteiger partial charge in [0.25, 0.3) is 0 Å². The van der Waals surface area contributed by atoms with Crippen LogP contribution in [0.4, 0.5) is 5.13 Å². The summed E-state index contributed by atoms with van der Waals surface area (Å²) < 4.78 is 5.21. The summed E-state index contributed by atoms with van der Waals surface area (Å²) in [5, 5.41) is 3.54. The first-order valence-corrected chi connectivity index (χ1v) is 5.88. The van der Waals surface area contributed by atoms with Gasteiger partial charge in [-0.2, -0.15) is 0 Å². The number of rotatable bonds is 2. The van der Waals surface area contributed by atoms with Crippen LogP contribution in [0.3, 0.4) is 0 Å². The van der Waals surface area contributed by atoms with Crippen LogP contribution < -0.4 is 5.32 Å². The molecule has 0 aromatic carbocycles. The van der Waals surface area contributed by atoms with Crippen molar-refractivity contribution in [2.24, 2.45) is 5.92 Å². The molecule has 2 heterocycles. The van der Waals surface area contributed by atoms with Gasteiger partial charge in [0.15, 0.2) is 5.13 Å². The molecule has 15 heavy (non-hydrogen) atoms. The average molecular weight is 226 g/mol. The van der Waals surface area contributed by atoms with Crippen molar-refractivity contribution in [1.29, 1.82) is 0 Å². The first-order valence-electron chi connectivity index (χ1n) is 5.07. The molecule has 1 aromatic heterocycles. The number of carbonyl (C=O) groups excluding carboxylic acids is 1. The summed E-state index contributed by atoms with van der Waals surface area (Å²) in [6.07, 6.45) is 3.40. The minimum Gasteiger partial charge on any atom is -0.381 e. The van der Waals surface area contributed by atoms with Crippen LogP contribution in [0.25, 0.3) is 0 Å². The van der Waals surface area contributed by atoms with E-state index in [0.29, 0.717) is 18.3 Å². The van der Waals surface area contributed by atoms with Gasteiger partial charge >= 0.3 is 0 Å². The van der Waals surface area contributed by atoms with Crippen LogP contribution in [0.1, 0.15) is 17.7 Å². The van der Waals surface area contributed by atoms with Gasteiger partial charge in [-0.3, -0.25) is 4.79 Å². The van der Waals surface area contributed by atoms with E-state index in [1.54, 1.807) is 6.20 Å². The average Bonchev–Trinajstić information content (AvgIpc) is 2.65. The van der Waals surface area contributed by atoms with Gasteiger partial charge in [-0.15, -0.1) is 11.3 Å². The number of thiazole rings is 1. The van der Waals surface area contributed by atoms with Crippen molar-refractivity contribution in [3.05, 3.63) is 11.1 Å². The van der Waals surface area contributed by atoms with Gasteiger partial charge in [-0.05, 0) is 19.8 Å². The van der Waals surface area contributed by atoms with E-state index < -0.39 is 0 Å². The molecule has 1 amide bonds. The van der Waals surface area contributed by atoms with Crippen LogP contribution in [0.15, 0.2) is 6.20 Å². The Morgan fingerprint density at radius 3 is 2.93 bits per heavy atom. The van der Waals surface area contributed by atoms with Crippen LogP contribution >= 0.6 is 11.3 Å². The second-order valence-electron chi connectivity index (χ2n) is 3.65. The highest BCUT2D eigenvalue weighted by atomic mass is 32.1. The van der Waals surface area contributed by atoms with Crippen molar-refractivity contribution < 1.29 is 9.53 Å². The number of ether oxygens (including phenoxy) is 1. The van der Waals surface area contributed by atoms with Gasteiger partial charge in [-0.1, -0.05) is 0 Å². The highest BCUT2D eigenvalue weighted by Crippen LogP contribution is 2.20. The molecular weight excluding hydrogens is 212 g/mol. The molecule has 1 fully saturated rings. The van der Waals surface area contributed by atoms with Gasteiger partial charge in [0.1, 0.15) is 0 Å². The molecule has 1 aromatic rings. The number of hydrogen-bond acceptors (Lipinski definition) is 4. The zero-order chi connectivity index (χ0) is 10.7. The van der Waals surface area contributed by atoms with E-state index in [1.165, 1.54) is 11.3 Å². The number of hydrogen-bond donors (Lipinski definition) is 1. The van der Waals surface area contributed by atoms with E-state index in [1.807, 2.05) is 6.92 Å².